The van der Waals surface area contributed by atoms with Gasteiger partial charge in [0.2, 0.25) is 0 Å². The number of nitrogens with zero attached hydrogens (tertiary/aromatic N) is 1. The van der Waals surface area contributed by atoms with Crippen LogP contribution >= 0.6 is 27.3 Å². The van der Waals surface area contributed by atoms with E-state index in [-0.39, 0.29) is 18.1 Å². The van der Waals surface area contributed by atoms with E-state index in [4.69, 9.17) is 5.73 Å². The molecule has 0 saturated carbocycles. The summed E-state index contributed by atoms with van der Waals surface area (Å²) < 4.78 is 1.09. The van der Waals surface area contributed by atoms with Gasteiger partial charge in [-0.3, -0.25) is 0 Å². The highest BCUT2D eigenvalue weighted by atomic mass is 79.9. The van der Waals surface area contributed by atoms with E-state index in [1.54, 1.807) is 11.3 Å². The standard InChI is InChI=1S/C11H16BrN3OS/c1-7(4-5-13)15-6-8(14-11(15)16)9-2-3-10(12)17-9/h2-3,7-8H,4-6,13H2,1H3,(H,14,16). The smallest absolute Gasteiger partial charge is 0.318 e. The molecule has 2 rings (SSSR count). The molecule has 2 atom stereocenters. The molecule has 3 N–H and O–H groups in total. The molecule has 2 unspecified atom stereocenters. The summed E-state index contributed by atoms with van der Waals surface area (Å²) >= 11 is 5.10. The molecule has 2 heterocycles. The Labute approximate surface area is 113 Å². The molecule has 1 fully saturated rings. The maximum absolute atomic E-state index is 11.8. The maximum atomic E-state index is 11.8. The first kappa shape index (κ1) is 12.9. The van der Waals surface area contributed by atoms with Gasteiger partial charge in [-0.25, -0.2) is 4.79 Å². The van der Waals surface area contributed by atoms with Crippen molar-refractivity contribution in [3.8, 4) is 0 Å². The number of carbonyl (C=O) groups is 1. The van der Waals surface area contributed by atoms with Crippen molar-refractivity contribution in [2.24, 2.45) is 5.73 Å². The lowest BCUT2D eigenvalue weighted by molar-refractivity contribution is 0.199. The lowest BCUT2D eigenvalue weighted by atomic mass is 10.2. The van der Waals surface area contributed by atoms with Crippen molar-refractivity contribution in [2.75, 3.05) is 13.1 Å². The monoisotopic (exact) mass is 317 g/mol. The van der Waals surface area contributed by atoms with Crippen molar-refractivity contribution in [1.82, 2.24) is 10.2 Å². The Balaban J connectivity index is 2.04. The molecular formula is C11H16BrN3OS. The Bertz CT molecular complexity index is 409. The predicted molar refractivity (Wildman–Crippen MR) is 73.1 cm³/mol. The summed E-state index contributed by atoms with van der Waals surface area (Å²) in [5.74, 6) is 0. The third kappa shape index (κ3) is 2.81. The number of hydrogen-bond acceptors (Lipinski definition) is 3. The van der Waals surface area contributed by atoms with Crippen molar-refractivity contribution in [3.05, 3.63) is 20.8 Å². The molecular weight excluding hydrogens is 302 g/mol. The second-order valence-corrected chi connectivity index (χ2v) is 6.72. The average molecular weight is 318 g/mol. The van der Waals surface area contributed by atoms with E-state index in [0.29, 0.717) is 6.54 Å². The number of carbonyl (C=O) groups excluding carboxylic acids is 1. The van der Waals surface area contributed by atoms with E-state index in [2.05, 4.69) is 27.3 Å². The third-order valence-corrected chi connectivity index (χ3v) is 4.73. The van der Waals surface area contributed by atoms with Gasteiger partial charge in [0.15, 0.2) is 0 Å². The third-order valence-electron chi connectivity index (χ3n) is 2.99. The summed E-state index contributed by atoms with van der Waals surface area (Å²) in [6, 6.07) is 4.39. The minimum Gasteiger partial charge on any atom is -0.330 e. The van der Waals surface area contributed by atoms with E-state index in [1.807, 2.05) is 17.9 Å². The van der Waals surface area contributed by atoms with Gasteiger partial charge in [0.1, 0.15) is 0 Å². The van der Waals surface area contributed by atoms with E-state index in [0.717, 1.165) is 16.8 Å². The number of urea groups is 1. The molecule has 6 heteroatoms. The van der Waals surface area contributed by atoms with Crippen LogP contribution in [0.3, 0.4) is 0 Å². The van der Waals surface area contributed by atoms with Crippen LogP contribution in [-0.2, 0) is 0 Å². The van der Waals surface area contributed by atoms with Crippen LogP contribution in [0.4, 0.5) is 4.79 Å². The molecule has 2 amide bonds. The first-order valence-electron chi connectivity index (χ1n) is 5.64. The van der Waals surface area contributed by atoms with Crippen LogP contribution in [0.1, 0.15) is 24.3 Å². The summed E-state index contributed by atoms with van der Waals surface area (Å²) in [5.41, 5.74) is 5.53. The van der Waals surface area contributed by atoms with Gasteiger partial charge < -0.3 is 16.0 Å². The van der Waals surface area contributed by atoms with Gasteiger partial charge in [-0.2, -0.15) is 0 Å². The Morgan fingerprint density at radius 2 is 2.47 bits per heavy atom. The highest BCUT2D eigenvalue weighted by Crippen LogP contribution is 2.30. The molecule has 4 nitrogen and oxygen atoms in total. The van der Waals surface area contributed by atoms with Gasteiger partial charge in [-0.15, -0.1) is 11.3 Å². The summed E-state index contributed by atoms with van der Waals surface area (Å²) in [7, 11) is 0. The number of amides is 2. The van der Waals surface area contributed by atoms with Crippen LogP contribution in [0.25, 0.3) is 0 Å². The van der Waals surface area contributed by atoms with Crippen LogP contribution in [-0.4, -0.2) is 30.1 Å². The SMILES string of the molecule is CC(CCN)N1CC(c2ccc(Br)s2)NC1=O. The number of rotatable bonds is 4. The van der Waals surface area contributed by atoms with Gasteiger partial charge in [-0.05, 0) is 48.0 Å². The Morgan fingerprint density at radius 1 is 1.71 bits per heavy atom. The van der Waals surface area contributed by atoms with E-state index >= 15 is 0 Å². The van der Waals surface area contributed by atoms with Gasteiger partial charge in [0, 0.05) is 17.5 Å². The fourth-order valence-corrected chi connectivity index (χ4v) is 3.48. The molecule has 1 saturated heterocycles. The fourth-order valence-electron chi connectivity index (χ4n) is 2.01. The topological polar surface area (TPSA) is 58.4 Å². The van der Waals surface area contributed by atoms with Gasteiger partial charge in [-0.1, -0.05) is 0 Å². The molecule has 0 radical (unpaired) electrons. The number of nitrogens with one attached hydrogen (secondary N) is 1. The fraction of sp³-hybridized carbons (Fsp3) is 0.545. The quantitative estimate of drug-likeness (QED) is 0.895. The Morgan fingerprint density at radius 3 is 3.06 bits per heavy atom. The minimum absolute atomic E-state index is 0.0143. The Hall–Kier alpha value is -0.590. The van der Waals surface area contributed by atoms with Crippen molar-refractivity contribution in [2.45, 2.75) is 25.4 Å². The highest BCUT2D eigenvalue weighted by molar-refractivity contribution is 9.11. The van der Waals surface area contributed by atoms with E-state index in [1.165, 1.54) is 4.88 Å². The van der Waals surface area contributed by atoms with Gasteiger partial charge in [0.25, 0.3) is 0 Å². The van der Waals surface area contributed by atoms with Crippen LogP contribution in [0, 0.1) is 0 Å². The molecule has 17 heavy (non-hydrogen) atoms. The first-order chi connectivity index (χ1) is 8.11. The molecule has 0 aliphatic carbocycles. The number of halogens is 1. The van der Waals surface area contributed by atoms with Crippen molar-refractivity contribution < 1.29 is 4.79 Å². The summed E-state index contributed by atoms with van der Waals surface area (Å²) in [6.45, 7) is 3.38. The van der Waals surface area contributed by atoms with Gasteiger partial charge in [0.05, 0.1) is 9.83 Å². The molecule has 0 spiro atoms. The second-order valence-electron chi connectivity index (χ2n) is 4.22. The van der Waals surface area contributed by atoms with Crippen LogP contribution in [0.15, 0.2) is 15.9 Å². The number of hydrogen-bond donors (Lipinski definition) is 2. The van der Waals surface area contributed by atoms with E-state index < -0.39 is 0 Å². The maximum Gasteiger partial charge on any atom is 0.318 e. The summed E-state index contributed by atoms with van der Waals surface area (Å²) in [5, 5.41) is 3.01. The molecule has 1 aromatic heterocycles. The average Bonchev–Trinajstić information content (AvgIpc) is 2.85. The first-order valence-corrected chi connectivity index (χ1v) is 7.25. The normalized spacial score (nSPS) is 21.7. The summed E-state index contributed by atoms with van der Waals surface area (Å²) in [4.78, 5) is 14.9. The van der Waals surface area contributed by atoms with Crippen molar-refractivity contribution in [1.29, 1.82) is 0 Å². The largest absolute Gasteiger partial charge is 0.330 e. The zero-order chi connectivity index (χ0) is 12.4. The molecule has 1 aliphatic heterocycles. The lowest BCUT2D eigenvalue weighted by Crippen LogP contribution is -2.37. The van der Waals surface area contributed by atoms with Crippen molar-refractivity contribution >= 4 is 33.3 Å². The molecule has 94 valence electrons. The number of nitrogens with two attached hydrogens (primary N) is 1. The zero-order valence-corrected chi connectivity index (χ0v) is 12.1. The molecule has 0 aromatic carbocycles. The molecule has 0 bridgehead atoms. The second kappa shape index (κ2) is 5.37. The molecule has 1 aromatic rings. The lowest BCUT2D eigenvalue weighted by Gasteiger charge is -2.22. The van der Waals surface area contributed by atoms with Crippen molar-refractivity contribution in [3.63, 3.8) is 0 Å². The van der Waals surface area contributed by atoms with Crippen LogP contribution in [0.2, 0.25) is 0 Å². The zero-order valence-electron chi connectivity index (χ0n) is 9.65. The van der Waals surface area contributed by atoms with Gasteiger partial charge >= 0.3 is 6.03 Å². The summed E-state index contributed by atoms with van der Waals surface area (Å²) in [6.07, 6.45) is 0.842. The molecule has 1 aliphatic rings. The van der Waals surface area contributed by atoms with Crippen LogP contribution in [0.5, 0.6) is 0 Å². The van der Waals surface area contributed by atoms with E-state index in [9.17, 15) is 4.79 Å². The minimum atomic E-state index is 0.0143. The predicted octanol–water partition coefficient (Wildman–Crippen LogP) is 2.31. The van der Waals surface area contributed by atoms with Crippen LogP contribution < -0.4 is 11.1 Å². The Kier molecular flexibility index (Phi) is 4.06. The number of thiophene rings is 1. The highest BCUT2D eigenvalue weighted by Gasteiger charge is 2.33.